The number of benzene rings is 2. The van der Waals surface area contributed by atoms with Crippen LogP contribution in [0.2, 0.25) is 20.1 Å². The third-order valence-electron chi connectivity index (χ3n) is 2.36. The molecule has 0 unspecified atom stereocenters. The van der Waals surface area contributed by atoms with Crippen LogP contribution in [0, 0.1) is 0 Å². The summed E-state index contributed by atoms with van der Waals surface area (Å²) in [6.07, 6.45) is 0. The maximum atomic E-state index is 6.05. The molecule has 104 valence electrons. The van der Waals surface area contributed by atoms with E-state index in [0.29, 0.717) is 36.6 Å². The first kappa shape index (κ1) is 15.7. The Bertz CT molecular complexity index is 605. The van der Waals surface area contributed by atoms with Gasteiger partial charge in [-0.3, -0.25) is 0 Å². The first-order valence-corrected chi connectivity index (χ1v) is 7.36. The van der Waals surface area contributed by atoms with E-state index >= 15 is 0 Å². The number of thiocarbonyl (C=S) groups is 1. The van der Waals surface area contributed by atoms with Gasteiger partial charge in [-0.15, -0.1) is 0 Å². The van der Waals surface area contributed by atoms with Crippen LogP contribution in [-0.2, 0) is 0 Å². The summed E-state index contributed by atoms with van der Waals surface area (Å²) in [6.45, 7) is 0. The Morgan fingerprint density at radius 1 is 0.750 bits per heavy atom. The molecule has 2 nitrogen and oxygen atoms in total. The van der Waals surface area contributed by atoms with Crippen LogP contribution in [0.5, 0.6) is 0 Å². The highest BCUT2D eigenvalue weighted by Crippen LogP contribution is 2.27. The quantitative estimate of drug-likeness (QED) is 0.628. The highest BCUT2D eigenvalue weighted by molar-refractivity contribution is 7.80. The fourth-order valence-corrected chi connectivity index (χ4v) is 2.59. The normalized spacial score (nSPS) is 10.2. The van der Waals surface area contributed by atoms with Crippen molar-refractivity contribution >= 4 is 75.1 Å². The first-order chi connectivity index (χ1) is 9.45. The zero-order chi connectivity index (χ0) is 14.7. The average Bonchev–Trinajstić information content (AvgIpc) is 2.36. The largest absolute Gasteiger partial charge is 0.331 e. The summed E-state index contributed by atoms with van der Waals surface area (Å²) in [5, 5.41) is 8.35. The second-order valence-corrected chi connectivity index (χ2v) is 5.92. The number of hydrogen-bond donors (Lipinski definition) is 2. The first-order valence-electron chi connectivity index (χ1n) is 5.44. The Balaban J connectivity index is 2.09. The van der Waals surface area contributed by atoms with E-state index in [9.17, 15) is 0 Å². The molecular weight excluding hydrogens is 358 g/mol. The van der Waals surface area contributed by atoms with E-state index in [1.165, 1.54) is 0 Å². The van der Waals surface area contributed by atoms with Crippen LogP contribution < -0.4 is 10.6 Å². The molecule has 0 aliphatic rings. The third-order valence-corrected chi connectivity index (χ3v) is 3.66. The van der Waals surface area contributed by atoms with Crippen molar-refractivity contribution in [1.82, 2.24) is 0 Å². The molecule has 0 aromatic heterocycles. The van der Waals surface area contributed by atoms with Gasteiger partial charge in [0.25, 0.3) is 0 Å². The molecule has 2 aromatic rings. The molecule has 2 rings (SSSR count). The summed E-state index contributed by atoms with van der Waals surface area (Å²) >= 11 is 29.0. The monoisotopic (exact) mass is 364 g/mol. The van der Waals surface area contributed by atoms with Gasteiger partial charge in [-0.05, 0) is 48.6 Å². The minimum absolute atomic E-state index is 0.360. The van der Waals surface area contributed by atoms with Crippen LogP contribution in [-0.4, -0.2) is 5.11 Å². The van der Waals surface area contributed by atoms with Crippen LogP contribution in [0.15, 0.2) is 36.4 Å². The van der Waals surface area contributed by atoms with Gasteiger partial charge in [0.05, 0.1) is 21.4 Å². The molecular formula is C13H8Cl4N2S. The van der Waals surface area contributed by atoms with Crippen molar-refractivity contribution in [2.75, 3.05) is 10.6 Å². The second kappa shape index (κ2) is 6.83. The maximum absolute atomic E-state index is 6.05. The van der Waals surface area contributed by atoms with Crippen LogP contribution in [0.1, 0.15) is 0 Å². The van der Waals surface area contributed by atoms with E-state index in [4.69, 9.17) is 58.6 Å². The SMILES string of the molecule is S=C(Nc1ccc(Cl)cc1Cl)Nc1ccc(Cl)cc1Cl. The van der Waals surface area contributed by atoms with Gasteiger partial charge in [0.2, 0.25) is 0 Å². The number of anilines is 2. The Labute approximate surface area is 142 Å². The standard InChI is InChI=1S/C13H8Cl4N2S/c14-7-1-3-11(9(16)5-7)18-13(20)19-12-4-2-8(15)6-10(12)17/h1-6H,(H2,18,19,20). The Morgan fingerprint density at radius 3 is 1.50 bits per heavy atom. The Hall–Kier alpha value is -0.710. The molecule has 7 heteroatoms. The lowest BCUT2D eigenvalue weighted by atomic mass is 10.3. The van der Waals surface area contributed by atoms with Gasteiger partial charge in [0.1, 0.15) is 0 Å². The molecule has 0 aliphatic carbocycles. The Kier molecular flexibility index (Phi) is 5.35. The molecule has 2 N–H and O–H groups in total. The lowest BCUT2D eigenvalue weighted by Crippen LogP contribution is -2.19. The van der Waals surface area contributed by atoms with E-state index in [1.54, 1.807) is 36.4 Å². The summed E-state index contributed by atoms with van der Waals surface area (Å²) < 4.78 is 0. The second-order valence-electron chi connectivity index (χ2n) is 3.83. The topological polar surface area (TPSA) is 24.1 Å². The molecule has 20 heavy (non-hydrogen) atoms. The molecule has 0 saturated heterocycles. The fraction of sp³-hybridized carbons (Fsp3) is 0. The van der Waals surface area contributed by atoms with E-state index in [2.05, 4.69) is 10.6 Å². The lowest BCUT2D eigenvalue weighted by Gasteiger charge is -2.13. The molecule has 0 atom stereocenters. The molecule has 0 heterocycles. The zero-order valence-corrected chi connectivity index (χ0v) is 13.7. The van der Waals surface area contributed by atoms with Gasteiger partial charge in [-0.25, -0.2) is 0 Å². The van der Waals surface area contributed by atoms with E-state index in [-0.39, 0.29) is 0 Å². The van der Waals surface area contributed by atoms with Gasteiger partial charge < -0.3 is 10.6 Å². The molecule has 2 aromatic carbocycles. The van der Waals surface area contributed by atoms with Gasteiger partial charge >= 0.3 is 0 Å². The van der Waals surface area contributed by atoms with E-state index < -0.39 is 0 Å². The van der Waals surface area contributed by atoms with Crippen molar-refractivity contribution in [1.29, 1.82) is 0 Å². The van der Waals surface area contributed by atoms with Gasteiger partial charge in [-0.1, -0.05) is 46.4 Å². The van der Waals surface area contributed by atoms with E-state index in [0.717, 1.165) is 0 Å². The lowest BCUT2D eigenvalue weighted by molar-refractivity contribution is 1.59. The third kappa shape index (κ3) is 4.14. The zero-order valence-electron chi connectivity index (χ0n) is 9.88. The van der Waals surface area contributed by atoms with Crippen molar-refractivity contribution in [2.24, 2.45) is 0 Å². The van der Waals surface area contributed by atoms with Crippen molar-refractivity contribution in [3.63, 3.8) is 0 Å². The average molecular weight is 366 g/mol. The minimum Gasteiger partial charge on any atom is -0.331 e. The molecule has 0 aliphatic heterocycles. The number of rotatable bonds is 2. The number of nitrogens with one attached hydrogen (secondary N) is 2. The van der Waals surface area contributed by atoms with Crippen molar-refractivity contribution in [3.05, 3.63) is 56.5 Å². The molecule has 0 bridgehead atoms. The van der Waals surface area contributed by atoms with Crippen LogP contribution in [0.4, 0.5) is 11.4 Å². The minimum atomic E-state index is 0.360. The van der Waals surface area contributed by atoms with Crippen LogP contribution in [0.25, 0.3) is 0 Å². The fourth-order valence-electron chi connectivity index (χ4n) is 1.46. The summed E-state index contributed by atoms with van der Waals surface area (Å²) in [5.41, 5.74) is 1.30. The van der Waals surface area contributed by atoms with Crippen LogP contribution >= 0.6 is 58.6 Å². The molecule has 0 saturated carbocycles. The predicted octanol–water partition coefficient (Wildman–Crippen LogP) is 6.11. The highest BCUT2D eigenvalue weighted by atomic mass is 35.5. The van der Waals surface area contributed by atoms with Crippen molar-refractivity contribution in [3.8, 4) is 0 Å². The van der Waals surface area contributed by atoms with Gasteiger partial charge in [0.15, 0.2) is 5.11 Å². The summed E-state index contributed by atoms with van der Waals surface area (Å²) in [4.78, 5) is 0. The van der Waals surface area contributed by atoms with Crippen LogP contribution in [0.3, 0.4) is 0 Å². The number of hydrogen-bond acceptors (Lipinski definition) is 1. The summed E-state index contributed by atoms with van der Waals surface area (Å²) in [6, 6.07) is 10.2. The Morgan fingerprint density at radius 2 is 1.15 bits per heavy atom. The van der Waals surface area contributed by atoms with Gasteiger partial charge in [-0.2, -0.15) is 0 Å². The van der Waals surface area contributed by atoms with Crippen molar-refractivity contribution in [2.45, 2.75) is 0 Å². The molecule has 0 spiro atoms. The molecule has 0 amide bonds. The van der Waals surface area contributed by atoms with Gasteiger partial charge in [0, 0.05) is 10.0 Å². The summed E-state index contributed by atoms with van der Waals surface area (Å²) in [5.74, 6) is 0. The molecule has 0 radical (unpaired) electrons. The maximum Gasteiger partial charge on any atom is 0.175 e. The van der Waals surface area contributed by atoms with Crippen molar-refractivity contribution < 1.29 is 0 Å². The highest BCUT2D eigenvalue weighted by Gasteiger charge is 2.06. The summed E-state index contributed by atoms with van der Waals surface area (Å²) in [7, 11) is 0. The predicted molar refractivity (Wildman–Crippen MR) is 92.8 cm³/mol. The molecule has 0 fully saturated rings. The van der Waals surface area contributed by atoms with E-state index in [1.807, 2.05) is 0 Å². The smallest absolute Gasteiger partial charge is 0.175 e. The number of halogens is 4.